The molecule has 2 N–H and O–H groups in total. The molecule has 0 saturated carbocycles. The molecule has 100 valence electrons. The van der Waals surface area contributed by atoms with Crippen molar-refractivity contribution in [3.8, 4) is 0 Å². The number of nitrogens with one attached hydrogen (secondary N) is 1. The molecule has 1 fully saturated rings. The van der Waals surface area contributed by atoms with Crippen LogP contribution in [0.15, 0.2) is 0 Å². The van der Waals surface area contributed by atoms with E-state index in [9.17, 15) is 9.90 Å². The first-order chi connectivity index (χ1) is 7.78. The lowest BCUT2D eigenvalue weighted by atomic mass is 9.88. The van der Waals surface area contributed by atoms with Crippen molar-refractivity contribution in [1.82, 2.24) is 5.32 Å². The third-order valence-electron chi connectivity index (χ3n) is 3.95. The monoisotopic (exact) mass is 243 g/mol. The number of hydrogen-bond acceptors (Lipinski definition) is 3. The van der Waals surface area contributed by atoms with Crippen LogP contribution in [0.2, 0.25) is 0 Å². The molecule has 1 aliphatic rings. The molecule has 0 radical (unpaired) electrons. The molecule has 0 bridgehead atoms. The van der Waals surface area contributed by atoms with Gasteiger partial charge in [-0.05, 0) is 33.1 Å². The van der Waals surface area contributed by atoms with Crippen molar-refractivity contribution in [2.75, 3.05) is 6.54 Å². The molecule has 0 aromatic heterocycles. The van der Waals surface area contributed by atoms with Gasteiger partial charge in [-0.3, -0.25) is 4.79 Å². The van der Waals surface area contributed by atoms with Crippen LogP contribution in [0.25, 0.3) is 0 Å². The highest BCUT2D eigenvalue weighted by molar-refractivity contribution is 5.80. The normalized spacial score (nSPS) is 36.6. The molecule has 5 unspecified atom stereocenters. The van der Waals surface area contributed by atoms with Gasteiger partial charge in [0.1, 0.15) is 0 Å². The number of aliphatic hydroxyl groups is 1. The summed E-state index contributed by atoms with van der Waals surface area (Å²) >= 11 is 0. The molecule has 1 aliphatic heterocycles. The van der Waals surface area contributed by atoms with Crippen LogP contribution in [0.1, 0.15) is 41.0 Å². The zero-order valence-corrected chi connectivity index (χ0v) is 11.5. The van der Waals surface area contributed by atoms with Crippen LogP contribution in [0.4, 0.5) is 0 Å². The summed E-state index contributed by atoms with van der Waals surface area (Å²) in [6.07, 6.45) is 0.690. The van der Waals surface area contributed by atoms with E-state index in [1.54, 1.807) is 6.92 Å². The zero-order valence-electron chi connectivity index (χ0n) is 11.5. The molecular weight excluding hydrogens is 218 g/mol. The second-order valence-corrected chi connectivity index (χ2v) is 5.50. The maximum Gasteiger partial charge on any atom is 0.226 e. The molecule has 0 aromatic carbocycles. The Labute approximate surface area is 104 Å². The summed E-state index contributed by atoms with van der Waals surface area (Å²) in [5, 5.41) is 12.7. The van der Waals surface area contributed by atoms with E-state index >= 15 is 0 Å². The van der Waals surface area contributed by atoms with Crippen LogP contribution in [0.5, 0.6) is 0 Å². The van der Waals surface area contributed by atoms with Crippen molar-refractivity contribution < 1.29 is 14.6 Å². The summed E-state index contributed by atoms with van der Waals surface area (Å²) in [4.78, 5) is 12.1. The third kappa shape index (κ3) is 3.42. The minimum atomic E-state index is -0.826. The number of carbonyl (C=O) groups is 1. The Morgan fingerprint density at radius 2 is 1.94 bits per heavy atom. The maximum atomic E-state index is 12.1. The lowest BCUT2D eigenvalue weighted by Crippen LogP contribution is -2.44. The largest absolute Gasteiger partial charge is 0.388 e. The lowest BCUT2D eigenvalue weighted by Gasteiger charge is -2.24. The van der Waals surface area contributed by atoms with Gasteiger partial charge in [0.25, 0.3) is 0 Å². The average Bonchev–Trinajstić information content (AvgIpc) is 2.50. The van der Waals surface area contributed by atoms with Crippen LogP contribution < -0.4 is 5.32 Å². The number of hydrogen-bond donors (Lipinski definition) is 2. The molecule has 0 spiro atoms. The van der Waals surface area contributed by atoms with Crippen molar-refractivity contribution in [3.63, 3.8) is 0 Å². The highest BCUT2D eigenvalue weighted by Gasteiger charge is 2.41. The van der Waals surface area contributed by atoms with Crippen LogP contribution >= 0.6 is 0 Å². The summed E-state index contributed by atoms with van der Waals surface area (Å²) < 4.78 is 5.64. The molecule has 0 aromatic rings. The van der Waals surface area contributed by atoms with Gasteiger partial charge in [-0.15, -0.1) is 0 Å². The van der Waals surface area contributed by atoms with Crippen LogP contribution in [0.3, 0.4) is 0 Å². The fourth-order valence-corrected chi connectivity index (χ4v) is 2.24. The first kappa shape index (κ1) is 14.5. The van der Waals surface area contributed by atoms with Crippen molar-refractivity contribution >= 4 is 5.91 Å². The number of rotatable bonds is 4. The SMILES string of the molecule is CCC(C)(O)CNC(=O)C1C(C)OC(C)C1C. The number of amides is 1. The highest BCUT2D eigenvalue weighted by atomic mass is 16.5. The fourth-order valence-electron chi connectivity index (χ4n) is 2.24. The van der Waals surface area contributed by atoms with E-state index < -0.39 is 5.60 Å². The average molecular weight is 243 g/mol. The predicted molar refractivity (Wildman–Crippen MR) is 66.6 cm³/mol. The van der Waals surface area contributed by atoms with Gasteiger partial charge in [0.05, 0.1) is 23.7 Å². The quantitative estimate of drug-likeness (QED) is 0.783. The molecule has 4 nitrogen and oxygen atoms in total. The molecule has 1 saturated heterocycles. The van der Waals surface area contributed by atoms with E-state index in [0.717, 1.165) is 0 Å². The minimum absolute atomic E-state index is 0.0110. The Bertz CT molecular complexity index is 278. The van der Waals surface area contributed by atoms with Crippen molar-refractivity contribution in [2.45, 2.75) is 58.8 Å². The standard InChI is InChI=1S/C13H25NO3/c1-6-13(5,16)7-14-12(15)11-8(2)9(3)17-10(11)4/h8-11,16H,6-7H2,1-5H3,(H,14,15). The Balaban J connectivity index is 2.53. The van der Waals surface area contributed by atoms with Gasteiger partial charge in [0.15, 0.2) is 0 Å². The van der Waals surface area contributed by atoms with Gasteiger partial charge in [-0.1, -0.05) is 13.8 Å². The predicted octanol–water partition coefficient (Wildman–Crippen LogP) is 1.32. The summed E-state index contributed by atoms with van der Waals surface area (Å²) in [6, 6.07) is 0. The summed E-state index contributed by atoms with van der Waals surface area (Å²) in [7, 11) is 0. The molecule has 1 amide bonds. The van der Waals surface area contributed by atoms with Gasteiger partial charge in [-0.2, -0.15) is 0 Å². The van der Waals surface area contributed by atoms with E-state index in [0.29, 0.717) is 13.0 Å². The van der Waals surface area contributed by atoms with Crippen molar-refractivity contribution in [1.29, 1.82) is 0 Å². The summed E-state index contributed by atoms with van der Waals surface area (Å²) in [6.45, 7) is 9.90. The molecule has 1 rings (SSSR count). The first-order valence-corrected chi connectivity index (χ1v) is 6.44. The Morgan fingerprint density at radius 3 is 2.35 bits per heavy atom. The molecule has 4 heteroatoms. The summed E-state index contributed by atoms with van der Waals surface area (Å²) in [5.41, 5.74) is -0.826. The lowest BCUT2D eigenvalue weighted by molar-refractivity contribution is -0.128. The fraction of sp³-hybridized carbons (Fsp3) is 0.923. The van der Waals surface area contributed by atoms with Crippen molar-refractivity contribution in [2.24, 2.45) is 11.8 Å². The number of carbonyl (C=O) groups excluding carboxylic acids is 1. The molecule has 1 heterocycles. The molecule has 5 atom stereocenters. The number of ether oxygens (including phenoxy) is 1. The molecule has 17 heavy (non-hydrogen) atoms. The van der Waals surface area contributed by atoms with Gasteiger partial charge >= 0.3 is 0 Å². The van der Waals surface area contributed by atoms with Gasteiger partial charge in [0, 0.05) is 6.54 Å². The third-order valence-corrected chi connectivity index (χ3v) is 3.95. The maximum absolute atomic E-state index is 12.1. The van der Waals surface area contributed by atoms with Crippen molar-refractivity contribution in [3.05, 3.63) is 0 Å². The van der Waals surface area contributed by atoms with E-state index in [-0.39, 0.29) is 30.0 Å². The van der Waals surface area contributed by atoms with E-state index in [1.807, 2.05) is 27.7 Å². The second-order valence-electron chi connectivity index (χ2n) is 5.50. The van der Waals surface area contributed by atoms with Gasteiger partial charge in [0.2, 0.25) is 5.91 Å². The van der Waals surface area contributed by atoms with E-state index in [4.69, 9.17) is 4.74 Å². The van der Waals surface area contributed by atoms with E-state index in [2.05, 4.69) is 5.32 Å². The Kier molecular flexibility index (Phi) is 4.55. The second kappa shape index (κ2) is 5.36. The van der Waals surface area contributed by atoms with Crippen LogP contribution in [-0.4, -0.2) is 35.4 Å². The van der Waals surface area contributed by atoms with E-state index in [1.165, 1.54) is 0 Å². The Hall–Kier alpha value is -0.610. The van der Waals surface area contributed by atoms with Crippen LogP contribution in [0, 0.1) is 11.8 Å². The molecular formula is C13H25NO3. The van der Waals surface area contributed by atoms with Crippen LogP contribution in [-0.2, 0) is 9.53 Å². The Morgan fingerprint density at radius 1 is 1.35 bits per heavy atom. The first-order valence-electron chi connectivity index (χ1n) is 6.44. The summed E-state index contributed by atoms with van der Waals surface area (Å²) in [5.74, 6) is 0.0947. The highest BCUT2D eigenvalue weighted by Crippen LogP contribution is 2.32. The smallest absolute Gasteiger partial charge is 0.226 e. The topological polar surface area (TPSA) is 58.6 Å². The minimum Gasteiger partial charge on any atom is -0.388 e. The van der Waals surface area contributed by atoms with Gasteiger partial charge in [-0.25, -0.2) is 0 Å². The zero-order chi connectivity index (χ0) is 13.2. The van der Waals surface area contributed by atoms with Gasteiger partial charge < -0.3 is 15.2 Å². The molecule has 0 aliphatic carbocycles.